The maximum Gasteiger partial charge on any atom is 0.0793 e. The molecule has 0 bridgehead atoms. The molecular formula is C14H31N3O2. The molecule has 0 spiro atoms. The monoisotopic (exact) mass is 273 g/mol. The lowest BCUT2D eigenvalue weighted by Gasteiger charge is -2.33. The van der Waals surface area contributed by atoms with Crippen molar-refractivity contribution in [3.05, 3.63) is 0 Å². The second-order valence-electron chi connectivity index (χ2n) is 5.45. The number of rotatable bonds is 9. The smallest absolute Gasteiger partial charge is 0.0793 e. The van der Waals surface area contributed by atoms with Crippen molar-refractivity contribution < 1.29 is 9.84 Å². The van der Waals surface area contributed by atoms with E-state index in [2.05, 4.69) is 29.0 Å². The van der Waals surface area contributed by atoms with Gasteiger partial charge in [0, 0.05) is 59.0 Å². The number of β-amino-alcohol motifs (C(OH)–C–C–N with tert-alkyl or cyclic N) is 1. The summed E-state index contributed by atoms with van der Waals surface area (Å²) in [6, 6.07) is 0.493. The van der Waals surface area contributed by atoms with E-state index in [9.17, 15) is 5.11 Å². The van der Waals surface area contributed by atoms with Gasteiger partial charge in [-0.1, -0.05) is 6.92 Å². The fourth-order valence-electron chi connectivity index (χ4n) is 2.48. The van der Waals surface area contributed by atoms with Gasteiger partial charge in [-0.3, -0.25) is 9.80 Å². The van der Waals surface area contributed by atoms with Gasteiger partial charge in [-0.15, -0.1) is 0 Å². The first-order valence-corrected chi connectivity index (χ1v) is 7.51. The average Bonchev–Trinajstić information content (AvgIpc) is 2.43. The second kappa shape index (κ2) is 9.66. The van der Waals surface area contributed by atoms with Crippen molar-refractivity contribution in [2.24, 2.45) is 0 Å². The van der Waals surface area contributed by atoms with Crippen molar-refractivity contribution in [3.63, 3.8) is 0 Å². The molecule has 1 fully saturated rings. The molecule has 0 amide bonds. The van der Waals surface area contributed by atoms with Crippen molar-refractivity contribution in [3.8, 4) is 0 Å². The van der Waals surface area contributed by atoms with Crippen molar-refractivity contribution >= 4 is 0 Å². The third-order valence-corrected chi connectivity index (χ3v) is 3.92. The molecule has 0 saturated carbocycles. The van der Waals surface area contributed by atoms with E-state index >= 15 is 0 Å². The fraction of sp³-hybridized carbons (Fsp3) is 1.00. The fourth-order valence-corrected chi connectivity index (χ4v) is 2.48. The standard InChI is InChI=1S/C14H31N3O2/c1-4-13(2)17(9-10-19-3)12-14(18)11-16-7-5-15-6-8-16/h13-15,18H,4-12H2,1-3H3. The zero-order chi connectivity index (χ0) is 14.1. The van der Waals surface area contributed by atoms with Gasteiger partial charge in [-0.25, -0.2) is 0 Å². The number of nitrogens with zero attached hydrogens (tertiary/aromatic N) is 2. The Morgan fingerprint density at radius 3 is 2.63 bits per heavy atom. The van der Waals surface area contributed by atoms with Crippen molar-refractivity contribution in [1.29, 1.82) is 0 Å². The van der Waals surface area contributed by atoms with Crippen molar-refractivity contribution in [2.45, 2.75) is 32.4 Å². The molecule has 5 heteroatoms. The molecular weight excluding hydrogens is 242 g/mol. The molecule has 1 aliphatic rings. The van der Waals surface area contributed by atoms with E-state index in [1.807, 2.05) is 0 Å². The van der Waals surface area contributed by atoms with Gasteiger partial charge in [-0.2, -0.15) is 0 Å². The second-order valence-corrected chi connectivity index (χ2v) is 5.45. The summed E-state index contributed by atoms with van der Waals surface area (Å²) in [7, 11) is 1.73. The molecule has 0 aromatic carbocycles. The van der Waals surface area contributed by atoms with Gasteiger partial charge in [-0.05, 0) is 13.3 Å². The molecule has 1 rings (SSSR count). The summed E-state index contributed by atoms with van der Waals surface area (Å²) in [4.78, 5) is 4.67. The number of nitrogens with one attached hydrogen (secondary N) is 1. The average molecular weight is 273 g/mol. The molecule has 2 unspecified atom stereocenters. The largest absolute Gasteiger partial charge is 0.390 e. The molecule has 19 heavy (non-hydrogen) atoms. The Bertz CT molecular complexity index is 223. The highest BCUT2D eigenvalue weighted by Gasteiger charge is 2.19. The van der Waals surface area contributed by atoms with E-state index in [1.165, 1.54) is 0 Å². The highest BCUT2D eigenvalue weighted by atomic mass is 16.5. The van der Waals surface area contributed by atoms with Gasteiger partial charge in [0.2, 0.25) is 0 Å². The minimum Gasteiger partial charge on any atom is -0.390 e. The quantitative estimate of drug-likeness (QED) is 0.619. The Balaban J connectivity index is 2.33. The Hall–Kier alpha value is -0.200. The Labute approximate surface area is 117 Å². The number of aliphatic hydroxyl groups is 1. The maximum atomic E-state index is 10.3. The summed E-state index contributed by atoms with van der Waals surface area (Å²) >= 11 is 0. The SMILES string of the molecule is CCC(C)N(CCOC)CC(O)CN1CCNCC1. The van der Waals surface area contributed by atoms with Crippen molar-refractivity contribution in [2.75, 3.05) is 59.5 Å². The van der Waals surface area contributed by atoms with E-state index in [0.29, 0.717) is 6.04 Å². The van der Waals surface area contributed by atoms with E-state index in [1.54, 1.807) is 7.11 Å². The number of hydrogen-bond donors (Lipinski definition) is 2. The van der Waals surface area contributed by atoms with Gasteiger partial charge < -0.3 is 15.2 Å². The first kappa shape index (κ1) is 16.9. The number of methoxy groups -OCH3 is 1. The lowest BCUT2D eigenvalue weighted by Crippen LogP contribution is -2.49. The molecule has 114 valence electrons. The summed E-state index contributed by atoms with van der Waals surface area (Å²) in [5.74, 6) is 0. The first-order chi connectivity index (χ1) is 9.17. The summed E-state index contributed by atoms with van der Waals surface area (Å²) in [6.07, 6.45) is 0.827. The van der Waals surface area contributed by atoms with E-state index in [0.717, 1.165) is 58.8 Å². The van der Waals surface area contributed by atoms with Crippen LogP contribution in [0.15, 0.2) is 0 Å². The molecule has 0 aliphatic carbocycles. The first-order valence-electron chi connectivity index (χ1n) is 7.51. The number of hydrogen-bond acceptors (Lipinski definition) is 5. The predicted molar refractivity (Wildman–Crippen MR) is 78.5 cm³/mol. The molecule has 2 atom stereocenters. The molecule has 0 radical (unpaired) electrons. The van der Waals surface area contributed by atoms with Crippen LogP contribution in [0.1, 0.15) is 20.3 Å². The third kappa shape index (κ3) is 6.68. The van der Waals surface area contributed by atoms with E-state index in [4.69, 9.17) is 4.74 Å². The van der Waals surface area contributed by atoms with Gasteiger partial charge in [0.15, 0.2) is 0 Å². The Kier molecular flexibility index (Phi) is 8.57. The van der Waals surface area contributed by atoms with Crippen LogP contribution in [0.3, 0.4) is 0 Å². The lowest BCUT2D eigenvalue weighted by atomic mass is 10.2. The van der Waals surface area contributed by atoms with Crippen LogP contribution in [-0.2, 0) is 4.74 Å². The van der Waals surface area contributed by atoms with Crippen LogP contribution >= 0.6 is 0 Å². The Morgan fingerprint density at radius 1 is 1.37 bits per heavy atom. The van der Waals surface area contributed by atoms with Crippen LogP contribution in [0.25, 0.3) is 0 Å². The third-order valence-electron chi connectivity index (χ3n) is 3.92. The zero-order valence-corrected chi connectivity index (χ0v) is 12.8. The Morgan fingerprint density at radius 2 is 2.05 bits per heavy atom. The lowest BCUT2D eigenvalue weighted by molar-refractivity contribution is 0.0435. The minimum atomic E-state index is -0.274. The number of piperazine rings is 1. The summed E-state index contributed by atoms with van der Waals surface area (Å²) in [5.41, 5.74) is 0. The molecule has 2 N–H and O–H groups in total. The zero-order valence-electron chi connectivity index (χ0n) is 12.8. The molecule has 1 saturated heterocycles. The summed E-state index contributed by atoms with van der Waals surface area (Å²) < 4.78 is 5.16. The molecule has 0 aromatic rings. The van der Waals surface area contributed by atoms with Crippen LogP contribution < -0.4 is 5.32 Å². The number of ether oxygens (including phenoxy) is 1. The molecule has 5 nitrogen and oxygen atoms in total. The normalized spacial score (nSPS) is 20.7. The van der Waals surface area contributed by atoms with Gasteiger partial charge in [0.25, 0.3) is 0 Å². The summed E-state index contributed by atoms with van der Waals surface area (Å²) in [6.45, 7) is 11.7. The van der Waals surface area contributed by atoms with Crippen LogP contribution in [0.4, 0.5) is 0 Å². The highest BCUT2D eigenvalue weighted by Crippen LogP contribution is 2.06. The van der Waals surface area contributed by atoms with Gasteiger partial charge in [0.1, 0.15) is 0 Å². The number of aliphatic hydroxyl groups excluding tert-OH is 1. The van der Waals surface area contributed by atoms with Gasteiger partial charge >= 0.3 is 0 Å². The molecule has 1 aliphatic heterocycles. The van der Waals surface area contributed by atoms with Gasteiger partial charge in [0.05, 0.1) is 12.7 Å². The van der Waals surface area contributed by atoms with E-state index < -0.39 is 0 Å². The van der Waals surface area contributed by atoms with Crippen LogP contribution in [-0.4, -0.2) is 86.6 Å². The van der Waals surface area contributed by atoms with Crippen LogP contribution in [0, 0.1) is 0 Å². The van der Waals surface area contributed by atoms with E-state index in [-0.39, 0.29) is 6.10 Å². The molecule has 0 aromatic heterocycles. The maximum absolute atomic E-state index is 10.3. The van der Waals surface area contributed by atoms with Crippen LogP contribution in [0.5, 0.6) is 0 Å². The topological polar surface area (TPSA) is 48.0 Å². The predicted octanol–water partition coefficient (Wildman–Crippen LogP) is -0.000600. The highest BCUT2D eigenvalue weighted by molar-refractivity contribution is 4.75. The van der Waals surface area contributed by atoms with Crippen molar-refractivity contribution in [1.82, 2.24) is 15.1 Å². The van der Waals surface area contributed by atoms with Crippen LogP contribution in [0.2, 0.25) is 0 Å². The molecule has 1 heterocycles. The summed E-state index contributed by atoms with van der Waals surface area (Å²) in [5, 5.41) is 13.6. The minimum absolute atomic E-state index is 0.274.